The highest BCUT2D eigenvalue weighted by Gasteiger charge is 2.41. The Morgan fingerprint density at radius 2 is 1.29 bits per heavy atom. The Kier molecular flexibility index (Phi) is 7.45. The van der Waals surface area contributed by atoms with E-state index in [2.05, 4.69) is 25.3 Å². The molecule has 0 aromatic carbocycles. The molecular weight excluding hydrogens is 194 g/mol. The molecule has 0 rings (SSSR count). The molecular formula is C10H25NO2Si. The van der Waals surface area contributed by atoms with E-state index >= 15 is 0 Å². The van der Waals surface area contributed by atoms with Crippen molar-refractivity contribution in [1.29, 1.82) is 0 Å². The van der Waals surface area contributed by atoms with E-state index in [1.807, 2.05) is 13.8 Å². The maximum atomic E-state index is 5.91. The van der Waals surface area contributed by atoms with E-state index in [9.17, 15) is 0 Å². The Morgan fingerprint density at radius 1 is 0.857 bits per heavy atom. The van der Waals surface area contributed by atoms with Crippen molar-refractivity contribution in [3.63, 3.8) is 0 Å². The second-order valence-electron chi connectivity index (χ2n) is 3.10. The van der Waals surface area contributed by atoms with Crippen LogP contribution in [0.25, 0.3) is 0 Å². The van der Waals surface area contributed by atoms with Crippen LogP contribution >= 0.6 is 0 Å². The summed E-state index contributed by atoms with van der Waals surface area (Å²) in [5, 5.41) is 0. The van der Waals surface area contributed by atoms with Crippen molar-refractivity contribution in [2.45, 2.75) is 40.7 Å². The Balaban J connectivity index is 4.59. The summed E-state index contributed by atoms with van der Waals surface area (Å²) in [6.07, 6.45) is 0. The van der Waals surface area contributed by atoms with Crippen molar-refractivity contribution in [2.75, 3.05) is 26.3 Å². The van der Waals surface area contributed by atoms with Gasteiger partial charge in [0.15, 0.2) is 0 Å². The number of hydrogen-bond donors (Lipinski definition) is 0. The van der Waals surface area contributed by atoms with Crippen LogP contribution in [-0.4, -0.2) is 39.6 Å². The van der Waals surface area contributed by atoms with E-state index in [0.717, 1.165) is 32.3 Å². The lowest BCUT2D eigenvalue weighted by Crippen LogP contribution is -2.58. The fourth-order valence-corrected chi connectivity index (χ4v) is 4.98. The summed E-state index contributed by atoms with van der Waals surface area (Å²) in [5.41, 5.74) is 0. The molecule has 0 aliphatic carbocycles. The van der Waals surface area contributed by atoms with E-state index in [-0.39, 0.29) is 0 Å². The molecule has 0 bridgehead atoms. The first-order valence-electron chi connectivity index (χ1n) is 5.73. The zero-order valence-corrected chi connectivity index (χ0v) is 11.3. The molecule has 0 saturated carbocycles. The van der Waals surface area contributed by atoms with E-state index in [4.69, 9.17) is 8.85 Å². The molecule has 0 heterocycles. The average Bonchev–Trinajstić information content (AvgIpc) is 2.20. The second kappa shape index (κ2) is 7.40. The van der Waals surface area contributed by atoms with Crippen LogP contribution in [0.5, 0.6) is 0 Å². The van der Waals surface area contributed by atoms with Crippen molar-refractivity contribution in [3.05, 3.63) is 0 Å². The number of hydrogen-bond acceptors (Lipinski definition) is 3. The second-order valence-corrected chi connectivity index (χ2v) is 6.45. The fourth-order valence-electron chi connectivity index (χ4n) is 1.81. The standard InChI is InChI=1S/C10H25NO2Si/c1-6-11(7-2)14(10-5,12-8-3)13-9-4/h6-10H2,1-5H3. The van der Waals surface area contributed by atoms with Crippen molar-refractivity contribution >= 4 is 8.72 Å². The molecule has 0 aliphatic rings. The Bertz CT molecular complexity index is 134. The quantitative estimate of drug-likeness (QED) is 0.585. The third kappa shape index (κ3) is 3.35. The lowest BCUT2D eigenvalue weighted by molar-refractivity contribution is 0.125. The summed E-state index contributed by atoms with van der Waals surface area (Å²) >= 11 is 0. The van der Waals surface area contributed by atoms with Gasteiger partial charge in [-0.3, -0.25) is 4.57 Å². The molecule has 0 fully saturated rings. The third-order valence-corrected chi connectivity index (χ3v) is 6.40. The molecule has 0 unspecified atom stereocenters. The van der Waals surface area contributed by atoms with Crippen molar-refractivity contribution in [1.82, 2.24) is 4.57 Å². The fraction of sp³-hybridized carbons (Fsp3) is 1.00. The molecule has 14 heavy (non-hydrogen) atoms. The lowest BCUT2D eigenvalue weighted by atomic mass is 10.7. The summed E-state index contributed by atoms with van der Waals surface area (Å²) in [4.78, 5) is 0. The molecule has 0 amide bonds. The highest BCUT2D eigenvalue weighted by Crippen LogP contribution is 2.18. The number of rotatable bonds is 8. The highest BCUT2D eigenvalue weighted by molar-refractivity contribution is 6.64. The molecule has 0 aliphatic heterocycles. The van der Waals surface area contributed by atoms with Crippen molar-refractivity contribution in [3.8, 4) is 0 Å². The van der Waals surface area contributed by atoms with Gasteiger partial charge in [0.05, 0.1) is 0 Å². The van der Waals surface area contributed by atoms with Gasteiger partial charge < -0.3 is 8.85 Å². The Hall–Kier alpha value is 0.0969. The van der Waals surface area contributed by atoms with Crippen LogP contribution in [0.3, 0.4) is 0 Å². The first-order valence-corrected chi connectivity index (χ1v) is 7.70. The number of nitrogens with zero attached hydrogens (tertiary/aromatic N) is 1. The molecule has 0 aromatic heterocycles. The van der Waals surface area contributed by atoms with Gasteiger partial charge in [0.2, 0.25) is 0 Å². The molecule has 3 nitrogen and oxygen atoms in total. The molecule has 0 atom stereocenters. The molecule has 0 spiro atoms. The minimum atomic E-state index is -2.07. The van der Waals surface area contributed by atoms with Crippen LogP contribution in [0.4, 0.5) is 0 Å². The lowest BCUT2D eigenvalue weighted by Gasteiger charge is -2.37. The molecule has 0 N–H and O–H groups in total. The largest absolute Gasteiger partial charge is 0.427 e. The smallest absolute Gasteiger partial charge is 0.383 e. The zero-order valence-electron chi connectivity index (χ0n) is 10.3. The van der Waals surface area contributed by atoms with Crippen molar-refractivity contribution in [2.24, 2.45) is 0 Å². The van der Waals surface area contributed by atoms with Crippen LogP contribution in [0.2, 0.25) is 6.04 Å². The van der Waals surface area contributed by atoms with Gasteiger partial charge in [-0.05, 0) is 26.9 Å². The Labute approximate surface area is 89.7 Å². The van der Waals surface area contributed by atoms with Crippen molar-refractivity contribution < 1.29 is 8.85 Å². The minimum absolute atomic E-state index is 0.747. The van der Waals surface area contributed by atoms with Gasteiger partial charge in [-0.15, -0.1) is 0 Å². The van der Waals surface area contributed by atoms with Crippen LogP contribution in [-0.2, 0) is 8.85 Å². The summed E-state index contributed by atoms with van der Waals surface area (Å²) in [6, 6.07) is 0.996. The molecule has 0 saturated heterocycles. The van der Waals surface area contributed by atoms with E-state index in [1.54, 1.807) is 0 Å². The van der Waals surface area contributed by atoms with Gasteiger partial charge in [-0.2, -0.15) is 0 Å². The molecule has 4 heteroatoms. The first-order chi connectivity index (χ1) is 6.70. The SMILES string of the molecule is CCO[Si](CC)(OCC)N(CC)CC. The van der Waals surface area contributed by atoms with Gasteiger partial charge in [-0.1, -0.05) is 20.8 Å². The first kappa shape index (κ1) is 14.1. The van der Waals surface area contributed by atoms with E-state index in [1.165, 1.54) is 0 Å². The van der Waals surface area contributed by atoms with Gasteiger partial charge in [0.1, 0.15) is 0 Å². The summed E-state index contributed by atoms with van der Waals surface area (Å²) in [5.74, 6) is 0. The van der Waals surface area contributed by atoms with Gasteiger partial charge in [0, 0.05) is 19.3 Å². The Morgan fingerprint density at radius 3 is 1.50 bits per heavy atom. The maximum absolute atomic E-state index is 5.91. The summed E-state index contributed by atoms with van der Waals surface area (Å²) in [6.45, 7) is 14.1. The minimum Gasteiger partial charge on any atom is -0.383 e. The molecule has 0 aromatic rings. The topological polar surface area (TPSA) is 21.7 Å². The molecule has 0 radical (unpaired) electrons. The van der Waals surface area contributed by atoms with E-state index < -0.39 is 8.72 Å². The normalized spacial score (nSPS) is 12.4. The summed E-state index contributed by atoms with van der Waals surface area (Å²) in [7, 11) is -2.07. The zero-order chi connectivity index (χ0) is 11.0. The predicted molar refractivity (Wildman–Crippen MR) is 62.4 cm³/mol. The summed E-state index contributed by atoms with van der Waals surface area (Å²) < 4.78 is 14.2. The van der Waals surface area contributed by atoms with Gasteiger partial charge >= 0.3 is 8.72 Å². The highest BCUT2D eigenvalue weighted by atomic mass is 28.4. The maximum Gasteiger partial charge on any atom is 0.427 e. The van der Waals surface area contributed by atoms with E-state index in [0.29, 0.717) is 0 Å². The monoisotopic (exact) mass is 219 g/mol. The van der Waals surface area contributed by atoms with Crippen LogP contribution in [0, 0.1) is 0 Å². The average molecular weight is 219 g/mol. The van der Waals surface area contributed by atoms with Crippen LogP contribution in [0.1, 0.15) is 34.6 Å². The van der Waals surface area contributed by atoms with Crippen LogP contribution < -0.4 is 0 Å². The van der Waals surface area contributed by atoms with Gasteiger partial charge in [-0.25, -0.2) is 0 Å². The van der Waals surface area contributed by atoms with Gasteiger partial charge in [0.25, 0.3) is 0 Å². The molecule has 86 valence electrons. The third-order valence-electron chi connectivity index (χ3n) is 2.43. The van der Waals surface area contributed by atoms with Crippen LogP contribution in [0.15, 0.2) is 0 Å². The predicted octanol–water partition coefficient (Wildman–Crippen LogP) is 2.36.